The van der Waals surface area contributed by atoms with E-state index in [0.29, 0.717) is 6.54 Å². The zero-order chi connectivity index (χ0) is 14.9. The van der Waals surface area contributed by atoms with Gasteiger partial charge < -0.3 is 15.4 Å². The van der Waals surface area contributed by atoms with Crippen LogP contribution >= 0.6 is 0 Å². The minimum atomic E-state index is 0.640. The van der Waals surface area contributed by atoms with Gasteiger partial charge in [-0.3, -0.25) is 9.58 Å². The fourth-order valence-corrected chi connectivity index (χ4v) is 2.22. The van der Waals surface area contributed by atoms with Crippen molar-refractivity contribution < 1.29 is 4.74 Å². The van der Waals surface area contributed by atoms with Crippen molar-refractivity contribution in [1.29, 1.82) is 0 Å². The van der Waals surface area contributed by atoms with E-state index < -0.39 is 0 Å². The SMILES string of the molecule is CCNC(=NCc1cnn(C)c1)NCCN1CCOCC1. The third kappa shape index (κ3) is 5.73. The van der Waals surface area contributed by atoms with Gasteiger partial charge in [-0.2, -0.15) is 5.10 Å². The number of hydrogen-bond acceptors (Lipinski definition) is 4. The smallest absolute Gasteiger partial charge is 0.191 e. The van der Waals surface area contributed by atoms with Crippen molar-refractivity contribution in [3.05, 3.63) is 18.0 Å². The summed E-state index contributed by atoms with van der Waals surface area (Å²) in [5.74, 6) is 0.856. The molecule has 0 aliphatic carbocycles. The van der Waals surface area contributed by atoms with Crippen molar-refractivity contribution >= 4 is 5.96 Å². The molecule has 0 unspecified atom stereocenters. The summed E-state index contributed by atoms with van der Waals surface area (Å²) >= 11 is 0. The third-order valence-electron chi connectivity index (χ3n) is 3.35. The number of aliphatic imine (C=N–C) groups is 1. The molecular formula is C14H26N6O. The summed E-state index contributed by atoms with van der Waals surface area (Å²) in [5.41, 5.74) is 1.11. The molecule has 1 aliphatic rings. The van der Waals surface area contributed by atoms with Crippen molar-refractivity contribution in [3.63, 3.8) is 0 Å². The molecule has 21 heavy (non-hydrogen) atoms. The molecule has 1 aliphatic heterocycles. The lowest BCUT2D eigenvalue weighted by atomic mass is 10.4. The van der Waals surface area contributed by atoms with Crippen LogP contribution in [-0.4, -0.2) is 66.6 Å². The Morgan fingerprint density at radius 1 is 1.38 bits per heavy atom. The second-order valence-corrected chi connectivity index (χ2v) is 5.10. The molecule has 2 rings (SSSR count). The lowest BCUT2D eigenvalue weighted by molar-refractivity contribution is 0.0389. The fourth-order valence-electron chi connectivity index (χ4n) is 2.22. The van der Waals surface area contributed by atoms with Crippen molar-refractivity contribution in [2.24, 2.45) is 12.0 Å². The molecule has 0 atom stereocenters. The van der Waals surface area contributed by atoms with E-state index in [1.165, 1.54) is 0 Å². The fraction of sp³-hybridized carbons (Fsp3) is 0.714. The van der Waals surface area contributed by atoms with Crippen molar-refractivity contribution in [2.75, 3.05) is 45.9 Å². The highest BCUT2D eigenvalue weighted by atomic mass is 16.5. The Balaban J connectivity index is 1.74. The average molecular weight is 294 g/mol. The number of ether oxygens (including phenoxy) is 1. The number of aromatic nitrogens is 2. The van der Waals surface area contributed by atoms with Gasteiger partial charge in [0.2, 0.25) is 0 Å². The lowest BCUT2D eigenvalue weighted by Crippen LogP contribution is -2.44. The van der Waals surface area contributed by atoms with Gasteiger partial charge >= 0.3 is 0 Å². The van der Waals surface area contributed by atoms with E-state index in [4.69, 9.17) is 4.74 Å². The van der Waals surface area contributed by atoms with Crippen molar-refractivity contribution in [2.45, 2.75) is 13.5 Å². The lowest BCUT2D eigenvalue weighted by Gasteiger charge is -2.26. The molecule has 1 aromatic rings. The Morgan fingerprint density at radius 3 is 2.86 bits per heavy atom. The first-order valence-corrected chi connectivity index (χ1v) is 7.57. The largest absolute Gasteiger partial charge is 0.379 e. The number of nitrogens with one attached hydrogen (secondary N) is 2. The maximum atomic E-state index is 5.35. The molecule has 0 spiro atoms. The molecule has 1 fully saturated rings. The Hall–Kier alpha value is -1.60. The van der Waals surface area contributed by atoms with E-state index in [0.717, 1.165) is 57.5 Å². The second kappa shape index (κ2) is 8.63. The molecule has 0 bridgehead atoms. The molecule has 0 aromatic carbocycles. The summed E-state index contributed by atoms with van der Waals surface area (Å²) < 4.78 is 7.14. The number of morpholine rings is 1. The Bertz CT molecular complexity index is 438. The highest BCUT2D eigenvalue weighted by Gasteiger charge is 2.09. The van der Waals surface area contributed by atoms with Crippen LogP contribution in [0.5, 0.6) is 0 Å². The molecule has 2 heterocycles. The molecule has 1 aromatic heterocycles. The van der Waals surface area contributed by atoms with E-state index in [1.54, 1.807) is 4.68 Å². The average Bonchev–Trinajstić information content (AvgIpc) is 2.91. The molecular weight excluding hydrogens is 268 g/mol. The number of nitrogens with zero attached hydrogens (tertiary/aromatic N) is 4. The summed E-state index contributed by atoms with van der Waals surface area (Å²) in [7, 11) is 1.92. The standard InChI is InChI=1S/C14H26N6O/c1-3-15-14(17-10-13-11-18-19(2)12-13)16-4-5-20-6-8-21-9-7-20/h11-12H,3-10H2,1-2H3,(H2,15,16,17). The molecule has 0 radical (unpaired) electrons. The van der Waals surface area contributed by atoms with E-state index in [2.05, 4.69) is 32.5 Å². The Morgan fingerprint density at radius 2 is 2.19 bits per heavy atom. The minimum Gasteiger partial charge on any atom is -0.379 e. The monoisotopic (exact) mass is 294 g/mol. The number of guanidine groups is 1. The van der Waals surface area contributed by atoms with Crippen LogP contribution in [0.2, 0.25) is 0 Å². The molecule has 1 saturated heterocycles. The Labute approximate surface area is 126 Å². The molecule has 2 N–H and O–H groups in total. The van der Waals surface area contributed by atoms with Gasteiger partial charge in [0.25, 0.3) is 0 Å². The number of hydrogen-bond donors (Lipinski definition) is 2. The van der Waals surface area contributed by atoms with Gasteiger partial charge in [0.15, 0.2) is 5.96 Å². The zero-order valence-corrected chi connectivity index (χ0v) is 13.0. The quantitative estimate of drug-likeness (QED) is 0.562. The van der Waals surface area contributed by atoms with E-state index in [1.807, 2.05) is 19.4 Å². The maximum Gasteiger partial charge on any atom is 0.191 e. The highest BCUT2D eigenvalue weighted by molar-refractivity contribution is 5.79. The van der Waals surface area contributed by atoms with Crippen LogP contribution < -0.4 is 10.6 Å². The first kappa shape index (κ1) is 15.8. The van der Waals surface area contributed by atoms with Crippen LogP contribution in [0, 0.1) is 0 Å². The topological polar surface area (TPSA) is 66.7 Å². The van der Waals surface area contributed by atoms with Crippen molar-refractivity contribution in [1.82, 2.24) is 25.3 Å². The van der Waals surface area contributed by atoms with Crippen LogP contribution in [0.15, 0.2) is 17.4 Å². The molecule has 118 valence electrons. The van der Waals surface area contributed by atoms with E-state index in [9.17, 15) is 0 Å². The predicted molar refractivity (Wildman–Crippen MR) is 83.3 cm³/mol. The van der Waals surface area contributed by atoms with Gasteiger partial charge in [-0.25, -0.2) is 4.99 Å². The van der Waals surface area contributed by atoms with Crippen LogP contribution in [0.25, 0.3) is 0 Å². The van der Waals surface area contributed by atoms with Gasteiger partial charge in [0, 0.05) is 51.5 Å². The minimum absolute atomic E-state index is 0.640. The van der Waals surface area contributed by atoms with Gasteiger partial charge in [-0.05, 0) is 6.92 Å². The van der Waals surface area contributed by atoms with Gasteiger partial charge in [-0.1, -0.05) is 0 Å². The molecule has 7 heteroatoms. The predicted octanol–water partition coefficient (Wildman–Crippen LogP) is -0.193. The Kier molecular flexibility index (Phi) is 6.49. The summed E-state index contributed by atoms with van der Waals surface area (Å²) in [5, 5.41) is 10.8. The van der Waals surface area contributed by atoms with Crippen LogP contribution in [-0.2, 0) is 18.3 Å². The second-order valence-electron chi connectivity index (χ2n) is 5.10. The van der Waals surface area contributed by atoms with Gasteiger partial charge in [0.05, 0.1) is 26.0 Å². The van der Waals surface area contributed by atoms with E-state index >= 15 is 0 Å². The van der Waals surface area contributed by atoms with Gasteiger partial charge in [-0.15, -0.1) is 0 Å². The third-order valence-corrected chi connectivity index (χ3v) is 3.35. The summed E-state index contributed by atoms with van der Waals surface area (Å²) in [4.78, 5) is 6.98. The molecule has 7 nitrogen and oxygen atoms in total. The number of rotatable bonds is 6. The van der Waals surface area contributed by atoms with Crippen molar-refractivity contribution in [3.8, 4) is 0 Å². The summed E-state index contributed by atoms with van der Waals surface area (Å²) in [6, 6.07) is 0. The summed E-state index contributed by atoms with van der Waals surface area (Å²) in [6.07, 6.45) is 3.83. The van der Waals surface area contributed by atoms with Crippen LogP contribution in [0.1, 0.15) is 12.5 Å². The molecule has 0 amide bonds. The highest BCUT2D eigenvalue weighted by Crippen LogP contribution is 1.98. The molecule has 0 saturated carbocycles. The van der Waals surface area contributed by atoms with Crippen LogP contribution in [0.4, 0.5) is 0 Å². The van der Waals surface area contributed by atoms with Crippen LogP contribution in [0.3, 0.4) is 0 Å². The van der Waals surface area contributed by atoms with E-state index in [-0.39, 0.29) is 0 Å². The first-order valence-electron chi connectivity index (χ1n) is 7.57. The first-order chi connectivity index (χ1) is 10.3. The maximum absolute atomic E-state index is 5.35. The summed E-state index contributed by atoms with van der Waals surface area (Å²) in [6.45, 7) is 9.19. The normalized spacial score (nSPS) is 17.0. The zero-order valence-electron chi connectivity index (χ0n) is 13.0. The van der Waals surface area contributed by atoms with Gasteiger partial charge in [0.1, 0.15) is 0 Å². The number of aryl methyl sites for hydroxylation is 1.